The molecule has 2 atom stereocenters. The summed E-state index contributed by atoms with van der Waals surface area (Å²) in [6.45, 7) is 8.56. The molecule has 0 aliphatic carbocycles. The van der Waals surface area contributed by atoms with Crippen molar-refractivity contribution in [2.45, 2.75) is 37.8 Å². The Kier molecular flexibility index (Phi) is 3.78. The van der Waals surface area contributed by atoms with Crippen LogP contribution in [0, 0.1) is 0 Å². The van der Waals surface area contributed by atoms with E-state index in [1.165, 1.54) is 0 Å². The molecule has 0 spiro atoms. The van der Waals surface area contributed by atoms with Gasteiger partial charge < -0.3 is 15.0 Å². The van der Waals surface area contributed by atoms with Gasteiger partial charge in [0, 0.05) is 32.2 Å². The number of likely N-dealkylation sites (tertiary alicyclic amines) is 1. The van der Waals surface area contributed by atoms with Gasteiger partial charge in [-0.1, -0.05) is 0 Å². The average molecular weight is 267 g/mol. The van der Waals surface area contributed by atoms with Crippen LogP contribution in [0.1, 0.15) is 26.2 Å². The molecule has 0 aromatic carbocycles. The van der Waals surface area contributed by atoms with Crippen molar-refractivity contribution in [1.29, 1.82) is 0 Å². The van der Waals surface area contributed by atoms with E-state index in [9.17, 15) is 4.79 Å². The van der Waals surface area contributed by atoms with E-state index in [4.69, 9.17) is 4.74 Å². The third-order valence-corrected chi connectivity index (χ3v) is 4.85. The summed E-state index contributed by atoms with van der Waals surface area (Å²) in [7, 11) is 0. The third kappa shape index (κ3) is 2.64. The summed E-state index contributed by atoms with van der Waals surface area (Å²) in [5.74, 6) is 0.306. The van der Waals surface area contributed by atoms with E-state index in [2.05, 4.69) is 22.0 Å². The van der Waals surface area contributed by atoms with Gasteiger partial charge in [0.05, 0.1) is 18.8 Å². The molecule has 3 saturated heterocycles. The van der Waals surface area contributed by atoms with E-state index in [0.717, 1.165) is 65.2 Å². The first kappa shape index (κ1) is 13.3. The monoisotopic (exact) mass is 267 g/mol. The number of ether oxygens (including phenoxy) is 1. The largest absolute Gasteiger partial charge is 0.379 e. The summed E-state index contributed by atoms with van der Waals surface area (Å²) >= 11 is 0. The summed E-state index contributed by atoms with van der Waals surface area (Å²) in [6, 6.07) is 0.540. The minimum absolute atomic E-state index is 0.306. The van der Waals surface area contributed by atoms with Crippen LogP contribution in [0.4, 0.5) is 0 Å². The summed E-state index contributed by atoms with van der Waals surface area (Å²) in [6.07, 6.45) is 3.20. The van der Waals surface area contributed by atoms with Crippen molar-refractivity contribution in [2.75, 3.05) is 45.9 Å². The molecule has 0 bridgehead atoms. The zero-order valence-corrected chi connectivity index (χ0v) is 11.9. The normalized spacial score (nSPS) is 36.9. The standard InChI is InChI=1S/C14H25N3O2/c1-14(4-2-5-15-14)13(18)17-6-3-12(11-17)16-7-9-19-10-8-16/h12,15H,2-11H2,1H3. The Labute approximate surface area is 115 Å². The number of carbonyl (C=O) groups is 1. The Hall–Kier alpha value is -0.650. The fraction of sp³-hybridized carbons (Fsp3) is 0.929. The summed E-state index contributed by atoms with van der Waals surface area (Å²) in [5, 5.41) is 3.38. The lowest BCUT2D eigenvalue weighted by atomic mass is 9.98. The van der Waals surface area contributed by atoms with E-state index in [0.29, 0.717) is 11.9 Å². The highest BCUT2D eigenvalue weighted by molar-refractivity contribution is 5.86. The van der Waals surface area contributed by atoms with Crippen molar-refractivity contribution < 1.29 is 9.53 Å². The molecule has 3 rings (SSSR count). The van der Waals surface area contributed by atoms with E-state index < -0.39 is 0 Å². The zero-order chi connectivity index (χ0) is 13.3. The molecule has 1 N–H and O–H groups in total. The number of carbonyl (C=O) groups excluding carboxylic acids is 1. The van der Waals surface area contributed by atoms with Gasteiger partial charge >= 0.3 is 0 Å². The first-order valence-corrected chi connectivity index (χ1v) is 7.55. The number of nitrogens with one attached hydrogen (secondary N) is 1. The van der Waals surface area contributed by atoms with Crippen LogP contribution in [-0.4, -0.2) is 73.2 Å². The quantitative estimate of drug-likeness (QED) is 0.768. The van der Waals surface area contributed by atoms with Gasteiger partial charge in [0.2, 0.25) is 5.91 Å². The molecular weight excluding hydrogens is 242 g/mol. The molecule has 0 aromatic heterocycles. The predicted molar refractivity (Wildman–Crippen MR) is 73.0 cm³/mol. The van der Waals surface area contributed by atoms with E-state index in [-0.39, 0.29) is 5.54 Å². The molecule has 5 heteroatoms. The summed E-state index contributed by atoms with van der Waals surface area (Å²) < 4.78 is 5.40. The lowest BCUT2D eigenvalue weighted by Gasteiger charge is -2.33. The van der Waals surface area contributed by atoms with Crippen molar-refractivity contribution >= 4 is 5.91 Å². The van der Waals surface area contributed by atoms with Gasteiger partial charge in [0.1, 0.15) is 0 Å². The SMILES string of the molecule is CC1(C(=O)N2CCC(N3CCOCC3)C2)CCCN1. The molecule has 5 nitrogen and oxygen atoms in total. The molecule has 1 amide bonds. The minimum atomic E-state index is -0.306. The van der Waals surface area contributed by atoms with Gasteiger partial charge in [-0.25, -0.2) is 0 Å². The van der Waals surface area contributed by atoms with Gasteiger partial charge in [-0.05, 0) is 32.7 Å². The maximum atomic E-state index is 12.6. The molecule has 0 saturated carbocycles. The van der Waals surface area contributed by atoms with E-state index >= 15 is 0 Å². The second-order valence-corrected chi connectivity index (χ2v) is 6.20. The second-order valence-electron chi connectivity index (χ2n) is 6.20. The molecule has 3 fully saturated rings. The number of nitrogens with zero attached hydrogens (tertiary/aromatic N) is 2. The lowest BCUT2D eigenvalue weighted by Crippen LogP contribution is -2.53. The lowest BCUT2D eigenvalue weighted by molar-refractivity contribution is -0.136. The topological polar surface area (TPSA) is 44.8 Å². The summed E-state index contributed by atoms with van der Waals surface area (Å²) in [5.41, 5.74) is -0.306. The summed E-state index contributed by atoms with van der Waals surface area (Å²) in [4.78, 5) is 17.2. The van der Waals surface area contributed by atoms with Crippen LogP contribution in [0.3, 0.4) is 0 Å². The van der Waals surface area contributed by atoms with Crippen molar-refractivity contribution in [3.8, 4) is 0 Å². The Morgan fingerprint density at radius 3 is 2.79 bits per heavy atom. The molecule has 3 aliphatic rings. The fourth-order valence-corrected chi connectivity index (χ4v) is 3.59. The average Bonchev–Trinajstić information content (AvgIpc) is 3.09. The fourth-order valence-electron chi connectivity index (χ4n) is 3.59. The Bertz CT molecular complexity index is 336. The van der Waals surface area contributed by atoms with E-state index in [1.807, 2.05) is 0 Å². The van der Waals surface area contributed by atoms with Crippen LogP contribution >= 0.6 is 0 Å². The first-order chi connectivity index (χ1) is 9.19. The number of rotatable bonds is 2. The minimum Gasteiger partial charge on any atom is -0.379 e. The molecular formula is C14H25N3O2. The smallest absolute Gasteiger partial charge is 0.242 e. The van der Waals surface area contributed by atoms with Gasteiger partial charge in [-0.15, -0.1) is 0 Å². The van der Waals surface area contributed by atoms with Crippen LogP contribution in [0.25, 0.3) is 0 Å². The maximum absolute atomic E-state index is 12.6. The molecule has 3 heterocycles. The van der Waals surface area contributed by atoms with E-state index in [1.54, 1.807) is 0 Å². The zero-order valence-electron chi connectivity index (χ0n) is 11.9. The maximum Gasteiger partial charge on any atom is 0.242 e. The number of morpholine rings is 1. The Balaban J connectivity index is 1.57. The van der Waals surface area contributed by atoms with Crippen molar-refractivity contribution in [3.63, 3.8) is 0 Å². The number of hydrogen-bond donors (Lipinski definition) is 1. The van der Waals surface area contributed by atoms with Gasteiger partial charge in [0.15, 0.2) is 0 Å². The highest BCUT2D eigenvalue weighted by atomic mass is 16.5. The van der Waals surface area contributed by atoms with Crippen LogP contribution in [0.15, 0.2) is 0 Å². The predicted octanol–water partition coefficient (Wildman–Crippen LogP) is 0.0616. The highest BCUT2D eigenvalue weighted by Gasteiger charge is 2.41. The third-order valence-electron chi connectivity index (χ3n) is 4.85. The Morgan fingerprint density at radius 1 is 1.32 bits per heavy atom. The van der Waals surface area contributed by atoms with Gasteiger partial charge in [-0.2, -0.15) is 0 Å². The van der Waals surface area contributed by atoms with Crippen molar-refractivity contribution in [3.05, 3.63) is 0 Å². The van der Waals surface area contributed by atoms with Crippen molar-refractivity contribution in [1.82, 2.24) is 15.1 Å². The molecule has 0 radical (unpaired) electrons. The number of hydrogen-bond acceptors (Lipinski definition) is 4. The molecule has 19 heavy (non-hydrogen) atoms. The highest BCUT2D eigenvalue weighted by Crippen LogP contribution is 2.25. The molecule has 3 aliphatic heterocycles. The van der Waals surface area contributed by atoms with Crippen LogP contribution in [-0.2, 0) is 9.53 Å². The second kappa shape index (κ2) is 5.38. The van der Waals surface area contributed by atoms with Gasteiger partial charge in [-0.3, -0.25) is 9.69 Å². The molecule has 108 valence electrons. The number of amides is 1. The first-order valence-electron chi connectivity index (χ1n) is 7.55. The Morgan fingerprint density at radius 2 is 2.11 bits per heavy atom. The molecule has 2 unspecified atom stereocenters. The van der Waals surface area contributed by atoms with Gasteiger partial charge in [0.25, 0.3) is 0 Å². The van der Waals surface area contributed by atoms with Crippen LogP contribution in [0.5, 0.6) is 0 Å². The van der Waals surface area contributed by atoms with Crippen molar-refractivity contribution in [2.24, 2.45) is 0 Å². The molecule has 0 aromatic rings. The van der Waals surface area contributed by atoms with Crippen LogP contribution in [0.2, 0.25) is 0 Å². The van der Waals surface area contributed by atoms with Crippen LogP contribution < -0.4 is 5.32 Å².